The first-order valence-corrected chi connectivity index (χ1v) is 7.20. The molecule has 1 N–H and O–H groups in total. The molecule has 0 aliphatic heterocycles. The minimum absolute atomic E-state index is 0.660. The number of aromatic nitrogens is 2. The average molecular weight is 266 g/mol. The number of anilines is 1. The zero-order chi connectivity index (χ0) is 14.1. The molecule has 0 saturated carbocycles. The molecule has 0 aromatic carbocycles. The number of likely N-dealkylation sites (N-methyl/N-ethyl adjacent to an activating group) is 1. The highest BCUT2D eigenvalue weighted by Crippen LogP contribution is 2.13. The number of nitrogens with one attached hydrogen (secondary N) is 1. The summed E-state index contributed by atoms with van der Waals surface area (Å²) in [7, 11) is 0. The fourth-order valence-corrected chi connectivity index (χ4v) is 1.80. The summed E-state index contributed by atoms with van der Waals surface area (Å²) in [6.45, 7) is 12.9. The second kappa shape index (κ2) is 8.69. The summed E-state index contributed by atoms with van der Waals surface area (Å²) in [5.74, 6) is 2.32. The summed E-state index contributed by atoms with van der Waals surface area (Å²) in [4.78, 5) is 11.1. The van der Waals surface area contributed by atoms with E-state index in [1.165, 1.54) is 0 Å². The number of nitrogens with zero attached hydrogens (tertiary/aromatic N) is 3. The number of aryl methyl sites for hydroxylation is 1. The fourth-order valence-electron chi connectivity index (χ4n) is 1.80. The van der Waals surface area contributed by atoms with Crippen LogP contribution in [0.4, 0.5) is 5.82 Å². The average Bonchev–Trinajstić information content (AvgIpc) is 2.43. The minimum atomic E-state index is 0.660. The number of hydrogen-bond donors (Lipinski definition) is 1. The molecule has 0 spiro atoms. The van der Waals surface area contributed by atoms with Gasteiger partial charge in [-0.15, -0.1) is 0 Å². The second-order valence-electron chi connectivity index (χ2n) is 4.27. The van der Waals surface area contributed by atoms with E-state index in [0.717, 1.165) is 44.2 Å². The molecule has 0 fully saturated rings. The molecule has 0 saturated heterocycles. The highest BCUT2D eigenvalue weighted by atomic mass is 16.5. The predicted octanol–water partition coefficient (Wildman–Crippen LogP) is 2.19. The van der Waals surface area contributed by atoms with Crippen LogP contribution >= 0.6 is 0 Å². The SMILES string of the molecule is CCNc1cc(OCCN(CC)CC)nc(CC)n1. The molecule has 1 rings (SSSR count). The highest BCUT2D eigenvalue weighted by molar-refractivity contribution is 5.38. The Morgan fingerprint density at radius 1 is 1.16 bits per heavy atom. The maximum Gasteiger partial charge on any atom is 0.218 e. The van der Waals surface area contributed by atoms with Gasteiger partial charge in [0.15, 0.2) is 0 Å². The van der Waals surface area contributed by atoms with Gasteiger partial charge in [-0.1, -0.05) is 20.8 Å². The van der Waals surface area contributed by atoms with E-state index < -0.39 is 0 Å². The Bertz CT molecular complexity index is 366. The molecule has 0 bridgehead atoms. The van der Waals surface area contributed by atoms with Gasteiger partial charge in [0, 0.05) is 25.6 Å². The van der Waals surface area contributed by atoms with E-state index >= 15 is 0 Å². The summed E-state index contributed by atoms with van der Waals surface area (Å²) in [5.41, 5.74) is 0. The second-order valence-corrected chi connectivity index (χ2v) is 4.27. The topological polar surface area (TPSA) is 50.3 Å². The van der Waals surface area contributed by atoms with Crippen molar-refractivity contribution in [2.75, 3.05) is 38.1 Å². The summed E-state index contributed by atoms with van der Waals surface area (Å²) in [6.07, 6.45) is 0.811. The summed E-state index contributed by atoms with van der Waals surface area (Å²) in [6, 6.07) is 1.87. The molecule has 0 aliphatic rings. The molecule has 0 atom stereocenters. The lowest BCUT2D eigenvalue weighted by Gasteiger charge is -2.18. The van der Waals surface area contributed by atoms with E-state index in [2.05, 4.69) is 41.0 Å². The van der Waals surface area contributed by atoms with E-state index in [4.69, 9.17) is 4.74 Å². The molecular weight excluding hydrogens is 240 g/mol. The van der Waals surface area contributed by atoms with Gasteiger partial charge in [-0.25, -0.2) is 4.98 Å². The third-order valence-electron chi connectivity index (χ3n) is 2.97. The lowest BCUT2D eigenvalue weighted by Crippen LogP contribution is -2.28. The maximum atomic E-state index is 5.74. The standard InChI is InChI=1S/C14H26N4O/c1-5-12-16-13(15-6-2)11-14(17-12)19-10-9-18(7-3)8-4/h11H,5-10H2,1-4H3,(H,15,16,17). The highest BCUT2D eigenvalue weighted by Gasteiger charge is 2.05. The van der Waals surface area contributed by atoms with Gasteiger partial charge in [-0.3, -0.25) is 0 Å². The normalized spacial score (nSPS) is 10.8. The zero-order valence-corrected chi connectivity index (χ0v) is 12.6. The Labute approximate surface area is 116 Å². The molecule has 1 heterocycles. The van der Waals surface area contributed by atoms with Crippen LogP contribution in [0.1, 0.15) is 33.5 Å². The Hall–Kier alpha value is -1.36. The van der Waals surface area contributed by atoms with Crippen molar-refractivity contribution in [2.24, 2.45) is 0 Å². The summed E-state index contributed by atoms with van der Waals surface area (Å²) >= 11 is 0. The van der Waals surface area contributed by atoms with Crippen molar-refractivity contribution in [1.82, 2.24) is 14.9 Å². The van der Waals surface area contributed by atoms with Gasteiger partial charge in [0.2, 0.25) is 5.88 Å². The Kier molecular flexibility index (Phi) is 7.18. The third-order valence-corrected chi connectivity index (χ3v) is 2.97. The van der Waals surface area contributed by atoms with Crippen molar-refractivity contribution in [3.8, 4) is 5.88 Å². The minimum Gasteiger partial charge on any atom is -0.476 e. The molecule has 0 radical (unpaired) electrons. The molecule has 1 aromatic rings. The van der Waals surface area contributed by atoms with E-state index in [9.17, 15) is 0 Å². The van der Waals surface area contributed by atoms with E-state index in [1.54, 1.807) is 0 Å². The Balaban J connectivity index is 2.58. The van der Waals surface area contributed by atoms with Gasteiger partial charge in [-0.05, 0) is 20.0 Å². The third kappa shape index (κ3) is 5.42. The van der Waals surface area contributed by atoms with Crippen LogP contribution < -0.4 is 10.1 Å². The monoisotopic (exact) mass is 266 g/mol. The number of rotatable bonds is 9. The zero-order valence-electron chi connectivity index (χ0n) is 12.6. The molecule has 1 aromatic heterocycles. The molecule has 19 heavy (non-hydrogen) atoms. The van der Waals surface area contributed by atoms with Gasteiger partial charge in [0.25, 0.3) is 0 Å². The smallest absolute Gasteiger partial charge is 0.218 e. The van der Waals surface area contributed by atoms with Crippen molar-refractivity contribution in [3.05, 3.63) is 11.9 Å². The van der Waals surface area contributed by atoms with Crippen LogP contribution in [0.3, 0.4) is 0 Å². The number of ether oxygens (including phenoxy) is 1. The Morgan fingerprint density at radius 2 is 1.89 bits per heavy atom. The van der Waals surface area contributed by atoms with Crippen LogP contribution in [0.25, 0.3) is 0 Å². The molecule has 0 amide bonds. The first-order valence-electron chi connectivity index (χ1n) is 7.20. The van der Waals surface area contributed by atoms with Crippen LogP contribution in [0.2, 0.25) is 0 Å². The Morgan fingerprint density at radius 3 is 2.47 bits per heavy atom. The summed E-state index contributed by atoms with van der Waals surface area (Å²) in [5, 5.41) is 3.20. The van der Waals surface area contributed by atoms with E-state index in [-0.39, 0.29) is 0 Å². The van der Waals surface area contributed by atoms with Gasteiger partial charge < -0.3 is 15.0 Å². The molecule has 5 nitrogen and oxygen atoms in total. The van der Waals surface area contributed by atoms with Crippen LogP contribution in [-0.4, -0.2) is 47.7 Å². The van der Waals surface area contributed by atoms with Crippen molar-refractivity contribution < 1.29 is 4.74 Å². The van der Waals surface area contributed by atoms with Crippen LogP contribution in [-0.2, 0) is 6.42 Å². The van der Waals surface area contributed by atoms with E-state index in [0.29, 0.717) is 12.5 Å². The van der Waals surface area contributed by atoms with Gasteiger partial charge in [-0.2, -0.15) is 4.98 Å². The van der Waals surface area contributed by atoms with Crippen LogP contribution in [0, 0.1) is 0 Å². The molecule has 0 aliphatic carbocycles. The molecule has 108 valence electrons. The van der Waals surface area contributed by atoms with Gasteiger partial charge >= 0.3 is 0 Å². The fraction of sp³-hybridized carbons (Fsp3) is 0.714. The van der Waals surface area contributed by atoms with E-state index in [1.807, 2.05) is 13.0 Å². The van der Waals surface area contributed by atoms with Crippen molar-refractivity contribution in [2.45, 2.75) is 34.1 Å². The molecular formula is C14H26N4O. The predicted molar refractivity (Wildman–Crippen MR) is 78.9 cm³/mol. The lowest BCUT2D eigenvalue weighted by atomic mass is 10.4. The largest absolute Gasteiger partial charge is 0.476 e. The van der Waals surface area contributed by atoms with Crippen molar-refractivity contribution >= 4 is 5.82 Å². The number of hydrogen-bond acceptors (Lipinski definition) is 5. The van der Waals surface area contributed by atoms with Crippen molar-refractivity contribution in [1.29, 1.82) is 0 Å². The van der Waals surface area contributed by atoms with Gasteiger partial charge in [0.05, 0.1) is 0 Å². The van der Waals surface area contributed by atoms with Crippen LogP contribution in [0.15, 0.2) is 6.07 Å². The first-order chi connectivity index (χ1) is 9.23. The van der Waals surface area contributed by atoms with Crippen LogP contribution in [0.5, 0.6) is 5.88 Å². The maximum absolute atomic E-state index is 5.74. The molecule has 5 heteroatoms. The summed E-state index contributed by atoms with van der Waals surface area (Å²) < 4.78 is 5.74. The molecule has 0 unspecified atom stereocenters. The van der Waals surface area contributed by atoms with Gasteiger partial charge in [0.1, 0.15) is 18.2 Å². The lowest BCUT2D eigenvalue weighted by molar-refractivity contribution is 0.217. The van der Waals surface area contributed by atoms with Crippen molar-refractivity contribution in [3.63, 3.8) is 0 Å². The quantitative estimate of drug-likeness (QED) is 0.742. The first kappa shape index (κ1) is 15.7.